The van der Waals surface area contributed by atoms with E-state index in [-0.39, 0.29) is 17.4 Å². The van der Waals surface area contributed by atoms with Crippen molar-refractivity contribution in [2.45, 2.75) is 32.7 Å². The molecule has 6 heteroatoms. The number of hydrogen-bond acceptors (Lipinski definition) is 5. The van der Waals surface area contributed by atoms with Crippen LogP contribution in [0.25, 0.3) is 10.9 Å². The number of aromatic nitrogens is 2. The van der Waals surface area contributed by atoms with Gasteiger partial charge in [-0.2, -0.15) is 5.26 Å². The van der Waals surface area contributed by atoms with Gasteiger partial charge in [0.25, 0.3) is 0 Å². The number of rotatable bonds is 6. The van der Waals surface area contributed by atoms with Gasteiger partial charge < -0.3 is 10.6 Å². The number of pyridine rings is 2. The molecule has 0 saturated heterocycles. The van der Waals surface area contributed by atoms with Crippen LogP contribution in [-0.2, 0) is 0 Å². The molecule has 0 aliphatic carbocycles. The molecule has 0 saturated carbocycles. The third kappa shape index (κ3) is 3.72. The lowest BCUT2D eigenvalue weighted by atomic mass is 10.1. The maximum Gasteiger partial charge on any atom is 0.166 e. The van der Waals surface area contributed by atoms with E-state index in [2.05, 4.69) is 20.6 Å². The summed E-state index contributed by atoms with van der Waals surface area (Å²) in [5.74, 6) is -0.0463. The first-order valence-corrected chi connectivity index (χ1v) is 8.63. The second-order valence-electron chi connectivity index (χ2n) is 6.02. The van der Waals surface area contributed by atoms with Gasteiger partial charge in [-0.3, -0.25) is 4.98 Å². The number of hydrogen-bond donors (Lipinski definition) is 2. The van der Waals surface area contributed by atoms with Crippen molar-refractivity contribution < 1.29 is 4.39 Å². The summed E-state index contributed by atoms with van der Waals surface area (Å²) in [6, 6.07) is 12.8. The molecule has 0 atom stereocenters. The lowest BCUT2D eigenvalue weighted by molar-refractivity contribution is 0.608. The highest BCUT2D eigenvalue weighted by molar-refractivity contribution is 5.83. The van der Waals surface area contributed by atoms with Gasteiger partial charge in [0.15, 0.2) is 17.5 Å². The van der Waals surface area contributed by atoms with Gasteiger partial charge in [0.1, 0.15) is 6.07 Å². The molecule has 3 aromatic rings. The van der Waals surface area contributed by atoms with E-state index in [1.165, 1.54) is 6.07 Å². The standard InChI is InChI=1S/C20H20FN5/c1-3-15(4-2)24-20-17(21)11-14(12-22)19(26-20)25-16-7-8-18-13(10-16)6-5-9-23-18/h5-11,15H,3-4H2,1-2H3,(H2,24,25,26). The molecule has 0 radical (unpaired) electrons. The molecule has 132 valence electrons. The van der Waals surface area contributed by atoms with Crippen LogP contribution in [0.2, 0.25) is 0 Å². The lowest BCUT2D eigenvalue weighted by Gasteiger charge is -2.17. The summed E-state index contributed by atoms with van der Waals surface area (Å²) in [5, 5.41) is 16.5. The van der Waals surface area contributed by atoms with Gasteiger partial charge in [-0.25, -0.2) is 9.37 Å². The van der Waals surface area contributed by atoms with Crippen LogP contribution in [0.3, 0.4) is 0 Å². The van der Waals surface area contributed by atoms with Crippen LogP contribution >= 0.6 is 0 Å². The molecule has 0 aliphatic rings. The molecule has 1 aromatic carbocycles. The number of halogens is 1. The quantitative estimate of drug-likeness (QED) is 0.656. The third-order valence-electron chi connectivity index (χ3n) is 4.29. The topological polar surface area (TPSA) is 73.6 Å². The monoisotopic (exact) mass is 349 g/mol. The van der Waals surface area contributed by atoms with E-state index in [4.69, 9.17) is 0 Å². The summed E-state index contributed by atoms with van der Waals surface area (Å²) < 4.78 is 14.3. The Labute approximate surface area is 151 Å². The second kappa shape index (κ2) is 7.79. The van der Waals surface area contributed by atoms with E-state index in [0.717, 1.165) is 29.4 Å². The molecular formula is C20H20FN5. The predicted octanol–water partition coefficient (Wildman–Crippen LogP) is 4.98. The van der Waals surface area contributed by atoms with E-state index in [0.29, 0.717) is 5.82 Å². The fourth-order valence-electron chi connectivity index (χ4n) is 2.75. The first kappa shape index (κ1) is 17.6. The first-order chi connectivity index (χ1) is 12.6. The van der Waals surface area contributed by atoms with Crippen LogP contribution < -0.4 is 10.6 Å². The largest absolute Gasteiger partial charge is 0.365 e. The zero-order valence-corrected chi connectivity index (χ0v) is 14.8. The van der Waals surface area contributed by atoms with Crippen LogP contribution in [0, 0.1) is 17.1 Å². The van der Waals surface area contributed by atoms with Crippen LogP contribution in [0.15, 0.2) is 42.6 Å². The molecule has 5 nitrogen and oxygen atoms in total. The number of nitriles is 1. The average molecular weight is 349 g/mol. The van der Waals surface area contributed by atoms with Gasteiger partial charge in [0.05, 0.1) is 11.1 Å². The molecule has 2 N–H and O–H groups in total. The Morgan fingerprint density at radius 1 is 1.15 bits per heavy atom. The summed E-state index contributed by atoms with van der Waals surface area (Å²) in [7, 11) is 0. The van der Waals surface area contributed by atoms with Crippen LogP contribution in [0.5, 0.6) is 0 Å². The van der Waals surface area contributed by atoms with Crippen molar-refractivity contribution in [1.82, 2.24) is 9.97 Å². The van der Waals surface area contributed by atoms with Crippen molar-refractivity contribution in [3.05, 3.63) is 54.0 Å². The van der Waals surface area contributed by atoms with Gasteiger partial charge in [-0.05, 0) is 43.2 Å². The Bertz CT molecular complexity index is 960. The minimum absolute atomic E-state index is 0.129. The fourth-order valence-corrected chi connectivity index (χ4v) is 2.75. The van der Waals surface area contributed by atoms with Gasteiger partial charge >= 0.3 is 0 Å². The van der Waals surface area contributed by atoms with Crippen molar-refractivity contribution in [3.63, 3.8) is 0 Å². The lowest BCUT2D eigenvalue weighted by Crippen LogP contribution is -2.19. The number of anilines is 3. The molecule has 26 heavy (non-hydrogen) atoms. The third-order valence-corrected chi connectivity index (χ3v) is 4.29. The summed E-state index contributed by atoms with van der Waals surface area (Å²) in [4.78, 5) is 8.60. The van der Waals surface area contributed by atoms with Crippen molar-refractivity contribution in [1.29, 1.82) is 5.26 Å². The van der Waals surface area contributed by atoms with Gasteiger partial charge in [0.2, 0.25) is 0 Å². The molecule has 0 bridgehead atoms. The highest BCUT2D eigenvalue weighted by Crippen LogP contribution is 2.26. The Balaban J connectivity index is 1.95. The van der Waals surface area contributed by atoms with E-state index in [9.17, 15) is 9.65 Å². The number of nitrogens with zero attached hydrogens (tertiary/aromatic N) is 3. The number of fused-ring (bicyclic) bond motifs is 1. The Hall–Kier alpha value is -3.20. The van der Waals surface area contributed by atoms with Crippen LogP contribution in [0.4, 0.5) is 21.7 Å². The highest BCUT2D eigenvalue weighted by Gasteiger charge is 2.14. The maximum atomic E-state index is 14.3. The molecule has 3 rings (SSSR count). The molecule has 0 unspecified atom stereocenters. The van der Waals surface area contributed by atoms with Gasteiger partial charge in [-0.1, -0.05) is 19.9 Å². The molecule has 2 aromatic heterocycles. The molecule has 0 spiro atoms. The molecule has 0 fully saturated rings. The fraction of sp³-hybridized carbons (Fsp3) is 0.250. The molecule has 0 amide bonds. The van der Waals surface area contributed by atoms with Crippen molar-refractivity contribution in [3.8, 4) is 6.07 Å². The van der Waals surface area contributed by atoms with E-state index in [1.807, 2.05) is 50.2 Å². The average Bonchev–Trinajstić information content (AvgIpc) is 2.67. The normalized spacial score (nSPS) is 10.7. The van der Waals surface area contributed by atoms with Crippen LogP contribution in [-0.4, -0.2) is 16.0 Å². The second-order valence-corrected chi connectivity index (χ2v) is 6.02. The highest BCUT2D eigenvalue weighted by atomic mass is 19.1. The summed E-state index contributed by atoms with van der Waals surface area (Å²) in [5.41, 5.74) is 1.79. The molecule has 2 heterocycles. The summed E-state index contributed by atoms with van der Waals surface area (Å²) in [6.45, 7) is 4.07. The Morgan fingerprint density at radius 3 is 2.69 bits per heavy atom. The first-order valence-electron chi connectivity index (χ1n) is 8.63. The Kier molecular flexibility index (Phi) is 5.28. The summed E-state index contributed by atoms with van der Waals surface area (Å²) in [6.07, 6.45) is 3.46. The minimum Gasteiger partial charge on any atom is -0.365 e. The summed E-state index contributed by atoms with van der Waals surface area (Å²) >= 11 is 0. The molecule has 0 aliphatic heterocycles. The number of benzene rings is 1. The minimum atomic E-state index is -0.526. The predicted molar refractivity (Wildman–Crippen MR) is 102 cm³/mol. The molecular weight excluding hydrogens is 329 g/mol. The maximum absolute atomic E-state index is 14.3. The number of nitrogens with one attached hydrogen (secondary N) is 2. The van der Waals surface area contributed by atoms with Crippen molar-refractivity contribution in [2.75, 3.05) is 10.6 Å². The zero-order valence-electron chi connectivity index (χ0n) is 14.8. The van der Waals surface area contributed by atoms with Crippen molar-refractivity contribution >= 4 is 28.2 Å². The zero-order chi connectivity index (χ0) is 18.5. The van der Waals surface area contributed by atoms with E-state index in [1.54, 1.807) is 6.20 Å². The van der Waals surface area contributed by atoms with Gasteiger partial charge in [0, 0.05) is 23.3 Å². The van der Waals surface area contributed by atoms with Crippen LogP contribution in [0.1, 0.15) is 32.3 Å². The smallest absolute Gasteiger partial charge is 0.166 e. The SMILES string of the molecule is CCC(CC)Nc1nc(Nc2ccc3ncccc3c2)c(C#N)cc1F. The Morgan fingerprint density at radius 2 is 1.96 bits per heavy atom. The van der Waals surface area contributed by atoms with Gasteiger partial charge in [-0.15, -0.1) is 0 Å². The van der Waals surface area contributed by atoms with E-state index < -0.39 is 5.82 Å². The van der Waals surface area contributed by atoms with Crippen molar-refractivity contribution in [2.24, 2.45) is 0 Å². The van der Waals surface area contributed by atoms with E-state index >= 15 is 0 Å².